The Bertz CT molecular complexity index is 784. The Morgan fingerprint density at radius 2 is 1.57 bits per heavy atom. The third-order valence-electron chi connectivity index (χ3n) is 4.87. The number of hydrogen-bond acceptors (Lipinski definition) is 3. The number of amides is 2. The molecule has 2 aromatic carbocycles. The van der Waals surface area contributed by atoms with Gasteiger partial charge in [-0.05, 0) is 67.6 Å². The van der Waals surface area contributed by atoms with Crippen molar-refractivity contribution in [3.05, 3.63) is 59.9 Å². The molecule has 1 fully saturated rings. The molecule has 1 aliphatic rings. The Morgan fingerprint density at radius 1 is 0.893 bits per heavy atom. The summed E-state index contributed by atoms with van der Waals surface area (Å²) in [6.45, 7) is 2.08. The van der Waals surface area contributed by atoms with Crippen molar-refractivity contribution in [2.75, 3.05) is 29.9 Å². The average Bonchev–Trinajstić information content (AvgIpc) is 2.73. The Morgan fingerprint density at radius 3 is 2.25 bits per heavy atom. The summed E-state index contributed by atoms with van der Waals surface area (Å²) in [5, 5.41) is 5.41. The molecule has 2 aromatic rings. The lowest BCUT2D eigenvalue weighted by Gasteiger charge is -2.28. The van der Waals surface area contributed by atoms with Crippen LogP contribution >= 0.6 is 0 Å². The third-order valence-corrected chi connectivity index (χ3v) is 4.87. The lowest BCUT2D eigenvalue weighted by atomic mass is 10.1. The highest BCUT2D eigenvalue weighted by Crippen LogP contribution is 2.21. The predicted octanol–water partition coefficient (Wildman–Crippen LogP) is 3.50. The van der Waals surface area contributed by atoms with Gasteiger partial charge in [-0.25, -0.2) is 4.39 Å². The zero-order chi connectivity index (χ0) is 19.8. The lowest BCUT2D eigenvalue weighted by Crippen LogP contribution is -2.33. The van der Waals surface area contributed by atoms with E-state index in [0.717, 1.165) is 18.7 Å². The van der Waals surface area contributed by atoms with E-state index in [1.54, 1.807) is 12.1 Å². The van der Waals surface area contributed by atoms with Crippen molar-refractivity contribution in [2.24, 2.45) is 0 Å². The van der Waals surface area contributed by atoms with E-state index in [2.05, 4.69) is 15.5 Å². The SMILES string of the molecule is O=C(CCc1ccc(F)cc1)NCC(=O)Nc1ccc(N2CCCCC2)cc1. The average molecular weight is 383 g/mol. The van der Waals surface area contributed by atoms with Crippen LogP contribution in [0.25, 0.3) is 0 Å². The summed E-state index contributed by atoms with van der Waals surface area (Å²) in [4.78, 5) is 26.3. The number of hydrogen-bond donors (Lipinski definition) is 2. The van der Waals surface area contributed by atoms with Crippen LogP contribution in [0, 0.1) is 5.82 Å². The van der Waals surface area contributed by atoms with Crippen LogP contribution in [0.2, 0.25) is 0 Å². The number of halogens is 1. The molecule has 1 saturated heterocycles. The molecular weight excluding hydrogens is 357 g/mol. The van der Waals surface area contributed by atoms with Crippen LogP contribution in [-0.2, 0) is 16.0 Å². The number of nitrogens with one attached hydrogen (secondary N) is 2. The van der Waals surface area contributed by atoms with Gasteiger partial charge in [0.15, 0.2) is 0 Å². The Balaban J connectivity index is 1.38. The highest BCUT2D eigenvalue weighted by atomic mass is 19.1. The maximum atomic E-state index is 12.9. The predicted molar refractivity (Wildman–Crippen MR) is 109 cm³/mol. The minimum atomic E-state index is -0.297. The number of nitrogens with zero attached hydrogens (tertiary/aromatic N) is 1. The molecule has 0 atom stereocenters. The van der Waals surface area contributed by atoms with Crippen LogP contribution in [-0.4, -0.2) is 31.4 Å². The lowest BCUT2D eigenvalue weighted by molar-refractivity contribution is -0.124. The maximum Gasteiger partial charge on any atom is 0.243 e. The van der Waals surface area contributed by atoms with Crippen LogP contribution in [0.5, 0.6) is 0 Å². The summed E-state index contributed by atoms with van der Waals surface area (Å²) < 4.78 is 12.9. The molecule has 2 amide bonds. The zero-order valence-electron chi connectivity index (χ0n) is 15.9. The van der Waals surface area contributed by atoms with Crippen LogP contribution in [0.15, 0.2) is 48.5 Å². The van der Waals surface area contributed by atoms with E-state index >= 15 is 0 Å². The summed E-state index contributed by atoms with van der Waals surface area (Å²) in [7, 11) is 0. The molecule has 0 unspecified atom stereocenters. The molecule has 0 aromatic heterocycles. The van der Waals surface area contributed by atoms with Gasteiger partial charge in [0.25, 0.3) is 0 Å². The Hall–Kier alpha value is -2.89. The molecule has 2 N–H and O–H groups in total. The molecule has 0 radical (unpaired) electrons. The summed E-state index contributed by atoms with van der Waals surface area (Å²) in [6, 6.07) is 13.9. The van der Waals surface area contributed by atoms with Gasteiger partial charge in [-0.3, -0.25) is 9.59 Å². The fourth-order valence-electron chi connectivity index (χ4n) is 3.29. The molecule has 0 spiro atoms. The molecule has 1 heterocycles. The maximum absolute atomic E-state index is 12.9. The van der Waals surface area contributed by atoms with Crippen LogP contribution in [0.1, 0.15) is 31.2 Å². The van der Waals surface area contributed by atoms with Gasteiger partial charge in [0.2, 0.25) is 11.8 Å². The van der Waals surface area contributed by atoms with Crippen LogP contribution < -0.4 is 15.5 Å². The van der Waals surface area contributed by atoms with Crippen molar-refractivity contribution in [2.45, 2.75) is 32.1 Å². The third kappa shape index (κ3) is 6.08. The molecule has 3 rings (SSSR count). The number of anilines is 2. The summed E-state index contributed by atoms with van der Waals surface area (Å²) in [5.41, 5.74) is 2.77. The van der Waals surface area contributed by atoms with Crippen molar-refractivity contribution in [3.8, 4) is 0 Å². The molecule has 0 saturated carbocycles. The molecule has 6 heteroatoms. The quantitative estimate of drug-likeness (QED) is 0.769. The number of rotatable bonds is 7. The van der Waals surface area contributed by atoms with Crippen LogP contribution in [0.4, 0.5) is 15.8 Å². The van der Waals surface area contributed by atoms with E-state index in [4.69, 9.17) is 0 Å². The van der Waals surface area contributed by atoms with Gasteiger partial charge in [0, 0.05) is 30.9 Å². The molecule has 5 nitrogen and oxygen atoms in total. The standard InChI is InChI=1S/C22H26FN3O2/c23-18-7-4-17(5-8-18)6-13-21(27)24-16-22(28)25-19-9-11-20(12-10-19)26-14-2-1-3-15-26/h4-5,7-12H,1-3,6,13-16H2,(H,24,27)(H,25,28). The van der Waals surface area contributed by atoms with E-state index in [9.17, 15) is 14.0 Å². The van der Waals surface area contributed by atoms with Crippen molar-refractivity contribution in [3.63, 3.8) is 0 Å². The van der Waals surface area contributed by atoms with E-state index in [1.165, 1.54) is 37.1 Å². The summed E-state index contributed by atoms with van der Waals surface area (Å²) in [5.74, 6) is -0.769. The number of benzene rings is 2. The highest BCUT2D eigenvalue weighted by Gasteiger charge is 2.11. The first-order valence-electron chi connectivity index (χ1n) is 9.76. The van der Waals surface area contributed by atoms with Gasteiger partial charge in [0.05, 0.1) is 6.54 Å². The van der Waals surface area contributed by atoms with E-state index < -0.39 is 0 Å². The molecular formula is C22H26FN3O2. The molecule has 148 valence electrons. The first-order valence-corrected chi connectivity index (χ1v) is 9.76. The fourth-order valence-corrected chi connectivity index (χ4v) is 3.29. The number of carbonyl (C=O) groups is 2. The van der Waals surface area contributed by atoms with Crippen LogP contribution in [0.3, 0.4) is 0 Å². The fraction of sp³-hybridized carbons (Fsp3) is 0.364. The van der Waals surface area contributed by atoms with Gasteiger partial charge in [0.1, 0.15) is 5.82 Å². The summed E-state index contributed by atoms with van der Waals surface area (Å²) >= 11 is 0. The van der Waals surface area contributed by atoms with Crippen molar-refractivity contribution in [1.82, 2.24) is 5.32 Å². The molecule has 0 bridgehead atoms. The molecule has 1 aliphatic heterocycles. The van der Waals surface area contributed by atoms with Gasteiger partial charge in [-0.2, -0.15) is 0 Å². The van der Waals surface area contributed by atoms with E-state index in [0.29, 0.717) is 12.1 Å². The summed E-state index contributed by atoms with van der Waals surface area (Å²) in [6.07, 6.45) is 4.49. The topological polar surface area (TPSA) is 61.4 Å². The van der Waals surface area contributed by atoms with Crippen molar-refractivity contribution < 1.29 is 14.0 Å². The van der Waals surface area contributed by atoms with E-state index in [-0.39, 0.29) is 30.6 Å². The van der Waals surface area contributed by atoms with Gasteiger partial charge in [-0.15, -0.1) is 0 Å². The largest absolute Gasteiger partial charge is 0.372 e. The minimum Gasteiger partial charge on any atom is -0.372 e. The molecule has 28 heavy (non-hydrogen) atoms. The van der Waals surface area contributed by atoms with Crippen molar-refractivity contribution in [1.29, 1.82) is 0 Å². The second kappa shape index (κ2) is 9.88. The second-order valence-electron chi connectivity index (χ2n) is 7.05. The Kier molecular flexibility index (Phi) is 7.00. The monoisotopic (exact) mass is 383 g/mol. The van der Waals surface area contributed by atoms with Gasteiger partial charge < -0.3 is 15.5 Å². The van der Waals surface area contributed by atoms with E-state index in [1.807, 2.05) is 24.3 Å². The smallest absolute Gasteiger partial charge is 0.243 e. The normalized spacial score (nSPS) is 13.8. The molecule has 0 aliphatic carbocycles. The first kappa shape index (κ1) is 19.9. The van der Waals surface area contributed by atoms with Gasteiger partial charge in [-0.1, -0.05) is 12.1 Å². The number of piperidine rings is 1. The minimum absolute atomic E-state index is 0.0733. The zero-order valence-corrected chi connectivity index (χ0v) is 15.9. The van der Waals surface area contributed by atoms with Gasteiger partial charge >= 0.3 is 0 Å². The van der Waals surface area contributed by atoms with Crippen molar-refractivity contribution >= 4 is 23.2 Å². The number of aryl methyl sites for hydroxylation is 1. The first-order chi connectivity index (χ1) is 13.6. The Labute approximate surface area is 164 Å². The highest BCUT2D eigenvalue weighted by molar-refractivity contribution is 5.94. The number of carbonyl (C=O) groups excluding carboxylic acids is 2. The second-order valence-corrected chi connectivity index (χ2v) is 7.05.